The highest BCUT2D eigenvalue weighted by molar-refractivity contribution is 6.38. The first-order valence-corrected chi connectivity index (χ1v) is 7.53. The molecule has 4 aromatic rings. The van der Waals surface area contributed by atoms with Crippen LogP contribution in [0.3, 0.4) is 0 Å². The minimum Gasteiger partial charge on any atom is -0.352 e. The fourth-order valence-electron chi connectivity index (χ4n) is 2.64. The average Bonchev–Trinajstić information content (AvgIpc) is 2.92. The second-order valence-electron chi connectivity index (χ2n) is 5.21. The molecule has 4 nitrogen and oxygen atoms in total. The van der Waals surface area contributed by atoms with Crippen molar-refractivity contribution in [3.8, 4) is 22.6 Å². The van der Waals surface area contributed by atoms with Gasteiger partial charge in [0.15, 0.2) is 0 Å². The van der Waals surface area contributed by atoms with Gasteiger partial charge in [-0.1, -0.05) is 60.1 Å². The fraction of sp³-hybridized carbons (Fsp3) is 0. The van der Waals surface area contributed by atoms with E-state index in [-0.39, 0.29) is 0 Å². The smallest absolute Gasteiger partial charge is 0.346 e. The highest BCUT2D eigenvalue weighted by Gasteiger charge is 2.13. The van der Waals surface area contributed by atoms with Crippen LogP contribution in [0, 0.1) is 0 Å². The zero-order valence-electron chi connectivity index (χ0n) is 12.0. The third-order valence-corrected chi connectivity index (χ3v) is 4.12. The predicted molar refractivity (Wildman–Crippen MR) is 92.6 cm³/mol. The van der Waals surface area contributed by atoms with Crippen molar-refractivity contribution >= 4 is 22.5 Å². The summed E-state index contributed by atoms with van der Waals surface area (Å²) < 4.78 is 0. The largest absolute Gasteiger partial charge is 0.352 e. The van der Waals surface area contributed by atoms with E-state index in [0.29, 0.717) is 22.1 Å². The summed E-state index contributed by atoms with van der Waals surface area (Å²) in [6, 6.07) is 19.1. The second-order valence-corrected chi connectivity index (χ2v) is 5.59. The molecule has 5 heteroatoms. The summed E-state index contributed by atoms with van der Waals surface area (Å²) in [4.78, 5) is 22.0. The van der Waals surface area contributed by atoms with Gasteiger partial charge in [-0.15, -0.1) is 0 Å². The zero-order chi connectivity index (χ0) is 15.8. The molecule has 0 fully saturated rings. The first kappa shape index (κ1) is 13.8. The van der Waals surface area contributed by atoms with Crippen molar-refractivity contribution in [2.45, 2.75) is 0 Å². The van der Waals surface area contributed by atoms with E-state index < -0.39 is 5.69 Å². The Hall–Kier alpha value is -2.85. The number of halogens is 1. The number of aromatic nitrogens is 3. The van der Waals surface area contributed by atoms with E-state index in [1.165, 1.54) is 0 Å². The van der Waals surface area contributed by atoms with Crippen molar-refractivity contribution in [2.24, 2.45) is 0 Å². The van der Waals surface area contributed by atoms with Crippen LogP contribution in [0.1, 0.15) is 0 Å². The summed E-state index contributed by atoms with van der Waals surface area (Å²) in [7, 11) is 0. The number of H-pyrrole nitrogens is 2. The number of hydrogen-bond acceptors (Lipinski definition) is 2. The molecule has 0 aliphatic carbocycles. The zero-order valence-corrected chi connectivity index (χ0v) is 12.8. The maximum absolute atomic E-state index is 12.0. The van der Waals surface area contributed by atoms with E-state index in [4.69, 9.17) is 11.6 Å². The number of nitrogens with one attached hydrogen (secondary N) is 2. The van der Waals surface area contributed by atoms with Gasteiger partial charge in [-0.2, -0.15) is 4.98 Å². The molecule has 0 atom stereocenters. The van der Waals surface area contributed by atoms with Gasteiger partial charge in [-0.25, -0.2) is 4.79 Å². The highest BCUT2D eigenvalue weighted by Crippen LogP contribution is 2.33. The van der Waals surface area contributed by atoms with Crippen molar-refractivity contribution in [3.05, 3.63) is 76.2 Å². The highest BCUT2D eigenvalue weighted by atomic mass is 35.5. The first-order valence-electron chi connectivity index (χ1n) is 7.16. The Morgan fingerprint density at radius 2 is 1.65 bits per heavy atom. The van der Waals surface area contributed by atoms with Crippen LogP contribution >= 0.6 is 11.6 Å². The molecule has 112 valence electrons. The third-order valence-electron chi connectivity index (χ3n) is 3.73. The van der Waals surface area contributed by atoms with E-state index >= 15 is 0 Å². The number of nitrogens with zero attached hydrogens (tertiary/aromatic N) is 1. The summed E-state index contributed by atoms with van der Waals surface area (Å²) in [6.07, 6.45) is 0. The molecule has 2 heterocycles. The topological polar surface area (TPSA) is 61.5 Å². The molecular formula is C18H12ClN3O. The Bertz CT molecular complexity index is 1050. The minimum absolute atomic E-state index is 0.406. The lowest BCUT2D eigenvalue weighted by atomic mass is 10.1. The van der Waals surface area contributed by atoms with Crippen LogP contribution in [0.2, 0.25) is 5.02 Å². The molecule has 0 saturated heterocycles. The van der Waals surface area contributed by atoms with Crippen molar-refractivity contribution in [1.29, 1.82) is 0 Å². The number of para-hydroxylation sites is 1. The van der Waals surface area contributed by atoms with Crippen LogP contribution < -0.4 is 5.69 Å². The number of hydrogen-bond donors (Lipinski definition) is 2. The van der Waals surface area contributed by atoms with Crippen LogP contribution in [0.15, 0.2) is 65.5 Å². The Morgan fingerprint density at radius 1 is 0.913 bits per heavy atom. The molecule has 0 spiro atoms. The number of aromatic amines is 2. The van der Waals surface area contributed by atoms with Gasteiger partial charge in [0.1, 0.15) is 0 Å². The molecule has 2 aromatic carbocycles. The Labute approximate surface area is 136 Å². The van der Waals surface area contributed by atoms with Crippen molar-refractivity contribution in [2.75, 3.05) is 0 Å². The molecule has 0 saturated carbocycles. The first-order chi connectivity index (χ1) is 11.2. The minimum atomic E-state index is -0.406. The molecule has 4 rings (SSSR count). The lowest BCUT2D eigenvalue weighted by molar-refractivity contribution is 1.08. The van der Waals surface area contributed by atoms with Crippen molar-refractivity contribution in [3.63, 3.8) is 0 Å². The normalized spacial score (nSPS) is 11.0. The lowest BCUT2D eigenvalue weighted by Crippen LogP contribution is -2.12. The molecule has 23 heavy (non-hydrogen) atoms. The van der Waals surface area contributed by atoms with E-state index in [2.05, 4.69) is 15.0 Å². The predicted octanol–water partition coefficient (Wildman–Crippen LogP) is 4.24. The third kappa shape index (κ3) is 2.43. The van der Waals surface area contributed by atoms with Gasteiger partial charge in [-0.3, -0.25) is 0 Å². The Kier molecular flexibility index (Phi) is 3.24. The van der Waals surface area contributed by atoms with Crippen LogP contribution in [0.25, 0.3) is 33.5 Å². The quantitative estimate of drug-likeness (QED) is 0.580. The van der Waals surface area contributed by atoms with Crippen LogP contribution in [0.5, 0.6) is 0 Å². The fourth-order valence-corrected chi connectivity index (χ4v) is 2.96. The van der Waals surface area contributed by atoms with Gasteiger partial charge >= 0.3 is 5.69 Å². The van der Waals surface area contributed by atoms with Crippen molar-refractivity contribution < 1.29 is 0 Å². The molecule has 0 unspecified atom stereocenters. The molecule has 0 amide bonds. The summed E-state index contributed by atoms with van der Waals surface area (Å²) in [5.41, 5.74) is 3.31. The standard InChI is InChI=1S/C18H12ClN3O/c19-16-12-8-4-5-9-13(12)20-17(16)15-10-14(21-18(23)22-15)11-6-2-1-3-7-11/h1-10,20H,(H,21,22,23). The summed E-state index contributed by atoms with van der Waals surface area (Å²) in [5.74, 6) is 0. The summed E-state index contributed by atoms with van der Waals surface area (Å²) in [5, 5.41) is 1.50. The molecule has 0 radical (unpaired) electrons. The molecule has 0 aliphatic rings. The second kappa shape index (κ2) is 5.41. The van der Waals surface area contributed by atoms with E-state index in [1.807, 2.05) is 60.7 Å². The van der Waals surface area contributed by atoms with Gasteiger partial charge < -0.3 is 9.97 Å². The number of benzene rings is 2. The Balaban J connectivity index is 1.93. The number of rotatable bonds is 2. The van der Waals surface area contributed by atoms with Crippen LogP contribution in [-0.2, 0) is 0 Å². The van der Waals surface area contributed by atoms with E-state index in [1.54, 1.807) is 0 Å². The van der Waals surface area contributed by atoms with E-state index in [9.17, 15) is 4.79 Å². The maximum atomic E-state index is 12.0. The van der Waals surface area contributed by atoms with E-state index in [0.717, 1.165) is 16.5 Å². The van der Waals surface area contributed by atoms with Crippen LogP contribution in [0.4, 0.5) is 0 Å². The molecule has 2 aromatic heterocycles. The maximum Gasteiger partial charge on any atom is 0.346 e. The Morgan fingerprint density at radius 3 is 2.43 bits per heavy atom. The molecule has 0 aliphatic heterocycles. The van der Waals surface area contributed by atoms with Gasteiger partial charge in [-0.05, 0) is 12.1 Å². The van der Waals surface area contributed by atoms with Gasteiger partial charge in [0.05, 0.1) is 22.1 Å². The van der Waals surface area contributed by atoms with Gasteiger partial charge in [0, 0.05) is 16.5 Å². The average molecular weight is 322 g/mol. The molecular weight excluding hydrogens is 310 g/mol. The summed E-state index contributed by atoms with van der Waals surface area (Å²) >= 11 is 6.47. The lowest BCUT2D eigenvalue weighted by Gasteiger charge is -2.04. The molecule has 2 N–H and O–H groups in total. The van der Waals surface area contributed by atoms with Gasteiger partial charge in [0.25, 0.3) is 0 Å². The van der Waals surface area contributed by atoms with Crippen molar-refractivity contribution in [1.82, 2.24) is 15.0 Å². The molecule has 0 bridgehead atoms. The SMILES string of the molecule is O=c1nc(-c2ccccc2)cc(-c2[nH]c3ccccc3c2Cl)[nH]1. The van der Waals surface area contributed by atoms with Crippen LogP contribution in [-0.4, -0.2) is 15.0 Å². The monoisotopic (exact) mass is 321 g/mol. The summed E-state index contributed by atoms with van der Waals surface area (Å²) in [6.45, 7) is 0. The van der Waals surface area contributed by atoms with Gasteiger partial charge in [0.2, 0.25) is 0 Å². The number of fused-ring (bicyclic) bond motifs is 1.